The minimum atomic E-state index is -0.387. The number of ether oxygens (including phenoxy) is 1. The topological polar surface area (TPSA) is 55.6 Å². The Labute approximate surface area is 119 Å². The van der Waals surface area contributed by atoms with E-state index in [1.165, 1.54) is 38.1 Å². The molecule has 1 aliphatic rings. The summed E-state index contributed by atoms with van der Waals surface area (Å²) in [5, 5.41) is 10.5. The lowest BCUT2D eigenvalue weighted by atomic mass is 9.99. The van der Waals surface area contributed by atoms with Crippen molar-refractivity contribution in [1.29, 1.82) is 0 Å². The van der Waals surface area contributed by atoms with E-state index in [-0.39, 0.29) is 10.6 Å². The molecule has 2 rings (SSSR count). The second kappa shape index (κ2) is 7.36. The molecule has 0 spiro atoms. The number of benzene rings is 1. The van der Waals surface area contributed by atoms with Gasteiger partial charge in [-0.3, -0.25) is 10.1 Å². The van der Waals surface area contributed by atoms with E-state index in [0.717, 1.165) is 18.0 Å². The normalized spacial score (nSPS) is 17.2. The first kappa shape index (κ1) is 14.9. The van der Waals surface area contributed by atoms with E-state index < -0.39 is 0 Å². The van der Waals surface area contributed by atoms with Crippen molar-refractivity contribution < 1.29 is 9.66 Å². The van der Waals surface area contributed by atoms with Gasteiger partial charge in [0.25, 0.3) is 5.69 Å². The lowest BCUT2D eigenvalue weighted by molar-refractivity contribution is -0.384. The summed E-state index contributed by atoms with van der Waals surface area (Å²) in [6, 6.07) is 6.54. The smallest absolute Gasteiger partial charge is 0.269 e. The average Bonchev–Trinajstić information content (AvgIpc) is 2.46. The number of nitro benzene ring substituents is 1. The van der Waals surface area contributed by atoms with Crippen molar-refractivity contribution in [2.24, 2.45) is 5.92 Å². The maximum absolute atomic E-state index is 10.5. The van der Waals surface area contributed by atoms with Crippen molar-refractivity contribution in [3.63, 3.8) is 0 Å². The summed E-state index contributed by atoms with van der Waals surface area (Å²) in [5.41, 5.74) is 1.10. The van der Waals surface area contributed by atoms with E-state index >= 15 is 0 Å². The van der Waals surface area contributed by atoms with Gasteiger partial charge in [-0.05, 0) is 49.5 Å². The molecule has 0 amide bonds. The van der Waals surface area contributed by atoms with Crippen LogP contribution in [0, 0.1) is 16.0 Å². The largest absolute Gasteiger partial charge is 0.375 e. The van der Waals surface area contributed by atoms with Crippen LogP contribution in [0.2, 0.25) is 0 Å². The van der Waals surface area contributed by atoms with Gasteiger partial charge in [-0.1, -0.05) is 6.92 Å². The molecule has 1 aromatic carbocycles. The zero-order chi connectivity index (χ0) is 14.4. The number of likely N-dealkylation sites (tertiary alicyclic amines) is 1. The first-order valence-corrected chi connectivity index (χ1v) is 7.18. The number of nitrogens with zero attached hydrogens (tertiary/aromatic N) is 2. The maximum Gasteiger partial charge on any atom is 0.269 e. The van der Waals surface area contributed by atoms with Crippen LogP contribution in [0.25, 0.3) is 0 Å². The average molecular weight is 278 g/mol. The fourth-order valence-corrected chi connectivity index (χ4v) is 2.38. The Kier molecular flexibility index (Phi) is 5.49. The fraction of sp³-hybridized carbons (Fsp3) is 0.600. The number of nitro groups is 1. The van der Waals surface area contributed by atoms with E-state index in [0.29, 0.717) is 13.2 Å². The van der Waals surface area contributed by atoms with Crippen molar-refractivity contribution >= 4 is 5.69 Å². The quantitative estimate of drug-likeness (QED) is 0.456. The molecular weight excluding hydrogens is 256 g/mol. The molecular formula is C15H22N2O3. The van der Waals surface area contributed by atoms with Crippen LogP contribution in [0.3, 0.4) is 0 Å². The number of piperidine rings is 1. The lowest BCUT2D eigenvalue weighted by Gasteiger charge is -2.29. The highest BCUT2D eigenvalue weighted by Crippen LogP contribution is 2.16. The van der Waals surface area contributed by atoms with Gasteiger partial charge >= 0.3 is 0 Å². The molecule has 0 aliphatic carbocycles. The summed E-state index contributed by atoms with van der Waals surface area (Å²) < 4.78 is 5.64. The summed E-state index contributed by atoms with van der Waals surface area (Å²) in [4.78, 5) is 12.6. The Hall–Kier alpha value is -1.46. The Morgan fingerprint density at radius 3 is 2.55 bits per heavy atom. The van der Waals surface area contributed by atoms with Gasteiger partial charge in [0.1, 0.15) is 0 Å². The SMILES string of the molecule is CC1CCN(CCOCc2ccc([N+](=O)[O-])cc2)CC1. The van der Waals surface area contributed by atoms with Crippen LogP contribution in [0.15, 0.2) is 24.3 Å². The van der Waals surface area contributed by atoms with E-state index in [1.54, 1.807) is 12.1 Å². The molecule has 1 saturated heterocycles. The molecule has 1 aromatic rings. The molecule has 0 bridgehead atoms. The van der Waals surface area contributed by atoms with E-state index in [9.17, 15) is 10.1 Å². The van der Waals surface area contributed by atoms with Gasteiger partial charge in [0.2, 0.25) is 0 Å². The lowest BCUT2D eigenvalue weighted by Crippen LogP contribution is -2.35. The first-order chi connectivity index (χ1) is 9.65. The molecule has 5 nitrogen and oxygen atoms in total. The molecule has 0 atom stereocenters. The Balaban J connectivity index is 1.64. The van der Waals surface area contributed by atoms with E-state index in [2.05, 4.69) is 11.8 Å². The molecule has 0 N–H and O–H groups in total. The summed E-state index contributed by atoms with van der Waals surface area (Å²) in [5.74, 6) is 0.854. The number of hydrogen-bond donors (Lipinski definition) is 0. The van der Waals surface area contributed by atoms with Crippen molar-refractivity contribution in [3.05, 3.63) is 39.9 Å². The third kappa shape index (κ3) is 4.58. The van der Waals surface area contributed by atoms with E-state index in [1.807, 2.05) is 0 Å². The molecule has 20 heavy (non-hydrogen) atoms. The van der Waals surface area contributed by atoms with Gasteiger partial charge in [-0.15, -0.1) is 0 Å². The minimum Gasteiger partial charge on any atom is -0.375 e. The third-order valence-corrected chi connectivity index (χ3v) is 3.84. The van der Waals surface area contributed by atoms with Crippen molar-refractivity contribution in [3.8, 4) is 0 Å². The minimum absolute atomic E-state index is 0.121. The molecule has 0 radical (unpaired) electrons. The zero-order valence-corrected chi connectivity index (χ0v) is 12.0. The maximum atomic E-state index is 10.5. The second-order valence-corrected chi connectivity index (χ2v) is 5.50. The van der Waals surface area contributed by atoms with E-state index in [4.69, 9.17) is 4.74 Å². The fourth-order valence-electron chi connectivity index (χ4n) is 2.38. The Morgan fingerprint density at radius 2 is 1.95 bits per heavy atom. The standard InChI is InChI=1S/C15H22N2O3/c1-13-6-8-16(9-7-13)10-11-20-12-14-2-4-15(5-3-14)17(18)19/h2-5,13H,6-12H2,1H3. The molecule has 110 valence electrons. The van der Waals surface area contributed by atoms with Crippen LogP contribution in [0.1, 0.15) is 25.3 Å². The van der Waals surface area contributed by atoms with Gasteiger partial charge in [-0.25, -0.2) is 0 Å². The highest BCUT2D eigenvalue weighted by molar-refractivity contribution is 5.32. The molecule has 0 unspecified atom stereocenters. The highest BCUT2D eigenvalue weighted by atomic mass is 16.6. The van der Waals surface area contributed by atoms with Crippen LogP contribution >= 0.6 is 0 Å². The molecule has 1 heterocycles. The van der Waals surface area contributed by atoms with Crippen LogP contribution < -0.4 is 0 Å². The van der Waals surface area contributed by atoms with Gasteiger partial charge in [0, 0.05) is 18.7 Å². The van der Waals surface area contributed by atoms with Gasteiger partial charge in [0.05, 0.1) is 18.1 Å². The Morgan fingerprint density at radius 1 is 1.30 bits per heavy atom. The van der Waals surface area contributed by atoms with Crippen LogP contribution in [-0.2, 0) is 11.3 Å². The highest BCUT2D eigenvalue weighted by Gasteiger charge is 2.14. The zero-order valence-electron chi connectivity index (χ0n) is 12.0. The van der Waals surface area contributed by atoms with Crippen LogP contribution in [-0.4, -0.2) is 36.1 Å². The third-order valence-electron chi connectivity index (χ3n) is 3.84. The number of hydrogen-bond acceptors (Lipinski definition) is 4. The van der Waals surface area contributed by atoms with Crippen molar-refractivity contribution in [1.82, 2.24) is 4.90 Å². The Bertz CT molecular complexity index is 425. The summed E-state index contributed by atoms with van der Waals surface area (Å²) in [6.45, 7) is 6.85. The van der Waals surface area contributed by atoms with Crippen molar-refractivity contribution in [2.45, 2.75) is 26.4 Å². The van der Waals surface area contributed by atoms with Crippen LogP contribution in [0.4, 0.5) is 5.69 Å². The molecule has 5 heteroatoms. The summed E-state index contributed by atoms with van der Waals surface area (Å²) in [7, 11) is 0. The van der Waals surface area contributed by atoms with Crippen LogP contribution in [0.5, 0.6) is 0 Å². The monoisotopic (exact) mass is 278 g/mol. The predicted molar refractivity (Wildman–Crippen MR) is 77.6 cm³/mol. The first-order valence-electron chi connectivity index (χ1n) is 7.18. The van der Waals surface area contributed by atoms with Crippen molar-refractivity contribution in [2.75, 3.05) is 26.2 Å². The molecule has 1 fully saturated rings. The van der Waals surface area contributed by atoms with Gasteiger partial charge < -0.3 is 9.64 Å². The molecule has 1 aliphatic heterocycles. The molecule has 0 aromatic heterocycles. The number of rotatable bonds is 6. The second-order valence-electron chi connectivity index (χ2n) is 5.50. The summed E-state index contributed by atoms with van der Waals surface area (Å²) in [6.07, 6.45) is 2.56. The number of non-ortho nitro benzene ring substituents is 1. The summed E-state index contributed by atoms with van der Waals surface area (Å²) >= 11 is 0. The van der Waals surface area contributed by atoms with Gasteiger partial charge in [-0.2, -0.15) is 0 Å². The predicted octanol–water partition coefficient (Wildman–Crippen LogP) is 2.84. The molecule has 0 saturated carbocycles. The van der Waals surface area contributed by atoms with Gasteiger partial charge in [0.15, 0.2) is 0 Å².